The fourth-order valence-electron chi connectivity index (χ4n) is 2.05. The van der Waals surface area contributed by atoms with Gasteiger partial charge in [-0.2, -0.15) is 0 Å². The molecule has 0 aromatic heterocycles. The highest BCUT2D eigenvalue weighted by Crippen LogP contribution is 2.31. The van der Waals surface area contributed by atoms with Crippen LogP contribution in [0, 0.1) is 6.92 Å². The number of esters is 1. The second kappa shape index (κ2) is 7.47. The molecule has 0 radical (unpaired) electrons. The minimum absolute atomic E-state index is 0.207. The van der Waals surface area contributed by atoms with Crippen molar-refractivity contribution >= 4 is 17.7 Å². The Hall–Kier alpha value is -1.78. The van der Waals surface area contributed by atoms with Gasteiger partial charge < -0.3 is 9.84 Å². The summed E-state index contributed by atoms with van der Waals surface area (Å²) in [5.74, 6) is -0.403. The number of benzene rings is 2. The zero-order valence-electron chi connectivity index (χ0n) is 12.8. The molecule has 2 aromatic carbocycles. The molecule has 2 aromatic rings. The van der Waals surface area contributed by atoms with Gasteiger partial charge in [0.25, 0.3) is 0 Å². The van der Waals surface area contributed by atoms with Crippen molar-refractivity contribution in [2.45, 2.75) is 24.3 Å². The van der Waals surface area contributed by atoms with Crippen molar-refractivity contribution in [3.8, 4) is 0 Å². The fourth-order valence-corrected chi connectivity index (χ4v) is 3.04. The third kappa shape index (κ3) is 3.90. The molecular weight excluding hydrogens is 296 g/mol. The zero-order chi connectivity index (χ0) is 16.0. The Morgan fingerprint density at radius 3 is 2.36 bits per heavy atom. The van der Waals surface area contributed by atoms with E-state index in [0.717, 1.165) is 4.90 Å². The molecule has 0 aliphatic carbocycles. The number of aryl methyl sites for hydroxylation is 1. The highest BCUT2D eigenvalue weighted by atomic mass is 32.2. The molecule has 0 amide bonds. The molecule has 0 bridgehead atoms. The Labute approximate surface area is 135 Å². The van der Waals surface area contributed by atoms with Gasteiger partial charge in [0.05, 0.1) is 6.61 Å². The third-order valence-corrected chi connectivity index (χ3v) is 4.50. The number of carbonyl (C=O) groups excluding carboxylic acids is 1. The smallest absolute Gasteiger partial charge is 0.343 e. The van der Waals surface area contributed by atoms with Crippen LogP contribution in [-0.4, -0.2) is 23.4 Å². The highest BCUT2D eigenvalue weighted by molar-refractivity contribution is 7.99. The molecule has 1 atom stereocenters. The van der Waals surface area contributed by atoms with Gasteiger partial charge in [-0.05, 0) is 31.5 Å². The van der Waals surface area contributed by atoms with Crippen LogP contribution < -0.4 is 0 Å². The Morgan fingerprint density at radius 1 is 1.14 bits per heavy atom. The predicted molar refractivity (Wildman–Crippen MR) is 88.9 cm³/mol. The van der Waals surface area contributed by atoms with Crippen LogP contribution in [0.2, 0.25) is 0 Å². The topological polar surface area (TPSA) is 46.5 Å². The SMILES string of the molecule is CCOC(=O)C(O)(CSc1ccc(C)cc1)c1ccccc1. The first-order chi connectivity index (χ1) is 10.6. The van der Waals surface area contributed by atoms with E-state index in [1.54, 1.807) is 31.2 Å². The van der Waals surface area contributed by atoms with Gasteiger partial charge in [0.15, 0.2) is 5.60 Å². The van der Waals surface area contributed by atoms with Gasteiger partial charge in [-0.1, -0.05) is 48.0 Å². The molecule has 22 heavy (non-hydrogen) atoms. The molecule has 1 unspecified atom stereocenters. The summed E-state index contributed by atoms with van der Waals surface area (Å²) in [6.07, 6.45) is 0. The molecule has 116 valence electrons. The summed E-state index contributed by atoms with van der Waals surface area (Å²) in [4.78, 5) is 13.3. The molecule has 2 rings (SSSR count). The van der Waals surface area contributed by atoms with Crippen molar-refractivity contribution in [1.82, 2.24) is 0 Å². The van der Waals surface area contributed by atoms with Crippen LogP contribution in [0.3, 0.4) is 0 Å². The average molecular weight is 316 g/mol. The Balaban J connectivity index is 2.21. The second-order valence-corrected chi connectivity index (χ2v) is 6.10. The summed E-state index contributed by atoms with van der Waals surface area (Å²) in [6.45, 7) is 3.99. The maximum absolute atomic E-state index is 12.3. The van der Waals surface area contributed by atoms with E-state index in [4.69, 9.17) is 4.74 Å². The van der Waals surface area contributed by atoms with E-state index in [0.29, 0.717) is 5.56 Å². The summed E-state index contributed by atoms with van der Waals surface area (Å²) in [7, 11) is 0. The number of thioether (sulfide) groups is 1. The van der Waals surface area contributed by atoms with Crippen molar-refractivity contribution in [3.63, 3.8) is 0 Å². The maximum Gasteiger partial charge on any atom is 0.343 e. The molecule has 0 spiro atoms. The highest BCUT2D eigenvalue weighted by Gasteiger charge is 2.39. The summed E-state index contributed by atoms with van der Waals surface area (Å²) < 4.78 is 5.07. The van der Waals surface area contributed by atoms with Crippen molar-refractivity contribution in [3.05, 3.63) is 65.7 Å². The van der Waals surface area contributed by atoms with Crippen LogP contribution in [-0.2, 0) is 15.1 Å². The van der Waals surface area contributed by atoms with E-state index >= 15 is 0 Å². The lowest BCUT2D eigenvalue weighted by Crippen LogP contribution is -2.39. The maximum atomic E-state index is 12.3. The molecule has 0 saturated heterocycles. The van der Waals surface area contributed by atoms with Gasteiger partial charge in [-0.25, -0.2) is 4.79 Å². The normalized spacial score (nSPS) is 13.4. The van der Waals surface area contributed by atoms with Gasteiger partial charge in [0.1, 0.15) is 0 Å². The monoisotopic (exact) mass is 316 g/mol. The van der Waals surface area contributed by atoms with Crippen LogP contribution in [0.15, 0.2) is 59.5 Å². The van der Waals surface area contributed by atoms with Gasteiger partial charge in [0, 0.05) is 10.6 Å². The van der Waals surface area contributed by atoms with E-state index in [2.05, 4.69) is 0 Å². The van der Waals surface area contributed by atoms with Crippen LogP contribution in [0.25, 0.3) is 0 Å². The van der Waals surface area contributed by atoms with E-state index in [9.17, 15) is 9.90 Å². The third-order valence-electron chi connectivity index (χ3n) is 3.33. The van der Waals surface area contributed by atoms with Crippen molar-refractivity contribution in [1.29, 1.82) is 0 Å². The number of ether oxygens (including phenoxy) is 1. The molecule has 0 fully saturated rings. The lowest BCUT2D eigenvalue weighted by atomic mass is 9.96. The van der Waals surface area contributed by atoms with Gasteiger partial charge in [-0.15, -0.1) is 11.8 Å². The quantitative estimate of drug-likeness (QED) is 0.654. The fraction of sp³-hybridized carbons (Fsp3) is 0.278. The summed E-state index contributed by atoms with van der Waals surface area (Å²) in [6, 6.07) is 16.9. The molecule has 0 aliphatic rings. The number of rotatable bonds is 6. The number of aliphatic hydroxyl groups is 1. The number of hydrogen-bond donors (Lipinski definition) is 1. The molecule has 1 N–H and O–H groups in total. The second-order valence-electron chi connectivity index (χ2n) is 5.05. The minimum atomic E-state index is -1.65. The van der Waals surface area contributed by atoms with E-state index < -0.39 is 11.6 Å². The average Bonchev–Trinajstić information content (AvgIpc) is 2.55. The largest absolute Gasteiger partial charge is 0.464 e. The molecule has 4 heteroatoms. The minimum Gasteiger partial charge on any atom is -0.464 e. The van der Waals surface area contributed by atoms with Crippen LogP contribution in [0.4, 0.5) is 0 Å². The lowest BCUT2D eigenvalue weighted by Gasteiger charge is -2.26. The first kappa shape index (κ1) is 16.6. The number of carbonyl (C=O) groups is 1. The van der Waals surface area contributed by atoms with Crippen molar-refractivity contribution in [2.75, 3.05) is 12.4 Å². The van der Waals surface area contributed by atoms with E-state index in [1.807, 2.05) is 37.3 Å². The van der Waals surface area contributed by atoms with Gasteiger partial charge >= 0.3 is 5.97 Å². The van der Waals surface area contributed by atoms with E-state index in [-0.39, 0.29) is 12.4 Å². The first-order valence-corrected chi connectivity index (χ1v) is 8.19. The summed E-state index contributed by atoms with van der Waals surface area (Å²) >= 11 is 1.43. The van der Waals surface area contributed by atoms with Crippen LogP contribution >= 0.6 is 11.8 Å². The van der Waals surface area contributed by atoms with Crippen LogP contribution in [0.5, 0.6) is 0 Å². The van der Waals surface area contributed by atoms with Crippen molar-refractivity contribution < 1.29 is 14.6 Å². The van der Waals surface area contributed by atoms with Gasteiger partial charge in [-0.3, -0.25) is 0 Å². The Morgan fingerprint density at radius 2 is 1.77 bits per heavy atom. The standard InChI is InChI=1S/C18H20O3S/c1-3-21-17(19)18(20,15-7-5-4-6-8-15)13-22-16-11-9-14(2)10-12-16/h4-12,20H,3,13H2,1-2H3. The predicted octanol–water partition coefficient (Wildman–Crippen LogP) is 3.54. The summed E-state index contributed by atoms with van der Waals surface area (Å²) in [5, 5.41) is 10.9. The van der Waals surface area contributed by atoms with E-state index in [1.165, 1.54) is 17.3 Å². The molecule has 0 saturated carbocycles. The lowest BCUT2D eigenvalue weighted by molar-refractivity contribution is -0.163. The Bertz CT molecular complexity index is 610. The molecule has 0 aliphatic heterocycles. The van der Waals surface area contributed by atoms with Gasteiger partial charge in [0.2, 0.25) is 0 Å². The summed E-state index contributed by atoms with van der Waals surface area (Å²) in [5.41, 5.74) is 0.0773. The van der Waals surface area contributed by atoms with Crippen molar-refractivity contribution in [2.24, 2.45) is 0 Å². The molecule has 0 heterocycles. The zero-order valence-corrected chi connectivity index (χ0v) is 13.6. The first-order valence-electron chi connectivity index (χ1n) is 7.21. The van der Waals surface area contributed by atoms with Crippen LogP contribution in [0.1, 0.15) is 18.1 Å². The molecular formula is C18H20O3S. The number of hydrogen-bond acceptors (Lipinski definition) is 4. The molecule has 3 nitrogen and oxygen atoms in total. The Kier molecular flexibility index (Phi) is 5.63.